The fourth-order valence-electron chi connectivity index (χ4n) is 2.13. The largest absolute Gasteiger partial charge is 0.497 e. The maximum atomic E-state index is 11.4. The molecule has 3 heteroatoms. The van der Waals surface area contributed by atoms with Gasteiger partial charge in [0.1, 0.15) is 17.8 Å². The predicted octanol–water partition coefficient (Wildman–Crippen LogP) is 3.23. The van der Waals surface area contributed by atoms with E-state index >= 15 is 0 Å². The van der Waals surface area contributed by atoms with Crippen LogP contribution in [0.15, 0.2) is 48.5 Å². The van der Waals surface area contributed by atoms with Crippen LogP contribution in [0.2, 0.25) is 0 Å². The summed E-state index contributed by atoms with van der Waals surface area (Å²) in [6, 6.07) is 15.4. The van der Waals surface area contributed by atoms with Crippen molar-refractivity contribution in [3.8, 4) is 11.5 Å². The van der Waals surface area contributed by atoms with Crippen molar-refractivity contribution >= 4 is 6.29 Å². The zero-order chi connectivity index (χ0) is 14.4. The molecule has 104 valence electrons. The van der Waals surface area contributed by atoms with Crippen LogP contribution in [0, 0.1) is 0 Å². The topological polar surface area (TPSA) is 35.5 Å². The fraction of sp³-hybridized carbons (Fsp3) is 0.235. The number of rotatable bonds is 6. The highest BCUT2D eigenvalue weighted by molar-refractivity contribution is 5.63. The zero-order valence-electron chi connectivity index (χ0n) is 11.7. The SMILES string of the molecule is COc1ccc(CC(C=O)c2cccc(OC)c2)cc1. The van der Waals surface area contributed by atoms with Gasteiger partial charge in [0, 0.05) is 5.92 Å². The normalized spacial score (nSPS) is 11.7. The van der Waals surface area contributed by atoms with Gasteiger partial charge in [-0.05, 0) is 41.8 Å². The van der Waals surface area contributed by atoms with E-state index in [9.17, 15) is 4.79 Å². The Morgan fingerprint density at radius 1 is 1.00 bits per heavy atom. The Morgan fingerprint density at radius 3 is 2.30 bits per heavy atom. The van der Waals surface area contributed by atoms with Crippen molar-refractivity contribution in [1.82, 2.24) is 0 Å². The van der Waals surface area contributed by atoms with Crippen molar-refractivity contribution < 1.29 is 14.3 Å². The molecule has 20 heavy (non-hydrogen) atoms. The van der Waals surface area contributed by atoms with Crippen LogP contribution < -0.4 is 9.47 Å². The van der Waals surface area contributed by atoms with E-state index in [0.717, 1.165) is 28.9 Å². The van der Waals surface area contributed by atoms with Gasteiger partial charge in [0.25, 0.3) is 0 Å². The van der Waals surface area contributed by atoms with E-state index < -0.39 is 0 Å². The number of carbonyl (C=O) groups is 1. The van der Waals surface area contributed by atoms with Crippen molar-refractivity contribution in [1.29, 1.82) is 0 Å². The summed E-state index contributed by atoms with van der Waals surface area (Å²) in [5.41, 5.74) is 2.07. The summed E-state index contributed by atoms with van der Waals surface area (Å²) in [5, 5.41) is 0. The second-order valence-electron chi connectivity index (χ2n) is 4.57. The number of methoxy groups -OCH3 is 2. The Morgan fingerprint density at radius 2 is 1.70 bits per heavy atom. The van der Waals surface area contributed by atoms with Crippen LogP contribution in [0.5, 0.6) is 11.5 Å². The summed E-state index contributed by atoms with van der Waals surface area (Å²) >= 11 is 0. The molecule has 0 aliphatic heterocycles. The van der Waals surface area contributed by atoms with E-state index in [4.69, 9.17) is 9.47 Å². The molecule has 0 radical (unpaired) electrons. The zero-order valence-corrected chi connectivity index (χ0v) is 11.7. The standard InChI is InChI=1S/C17H18O3/c1-19-16-8-6-13(7-9-16)10-15(12-18)14-4-3-5-17(11-14)20-2/h3-9,11-12,15H,10H2,1-2H3. The number of hydrogen-bond acceptors (Lipinski definition) is 3. The van der Waals surface area contributed by atoms with Crippen molar-refractivity contribution in [2.24, 2.45) is 0 Å². The van der Waals surface area contributed by atoms with Crippen molar-refractivity contribution in [3.63, 3.8) is 0 Å². The lowest BCUT2D eigenvalue weighted by atomic mass is 9.93. The van der Waals surface area contributed by atoms with Gasteiger partial charge in [0.05, 0.1) is 14.2 Å². The van der Waals surface area contributed by atoms with Crippen LogP contribution in [-0.2, 0) is 11.2 Å². The number of benzene rings is 2. The third-order valence-electron chi connectivity index (χ3n) is 3.30. The quantitative estimate of drug-likeness (QED) is 0.756. The summed E-state index contributed by atoms with van der Waals surface area (Å²) in [6.07, 6.45) is 1.65. The van der Waals surface area contributed by atoms with Crippen LogP contribution in [0.25, 0.3) is 0 Å². The lowest BCUT2D eigenvalue weighted by Crippen LogP contribution is -2.04. The lowest BCUT2D eigenvalue weighted by Gasteiger charge is -2.12. The molecule has 1 unspecified atom stereocenters. The highest BCUT2D eigenvalue weighted by Gasteiger charge is 2.12. The van der Waals surface area contributed by atoms with Gasteiger partial charge in [0.15, 0.2) is 0 Å². The van der Waals surface area contributed by atoms with Crippen LogP contribution in [0.1, 0.15) is 17.0 Å². The summed E-state index contributed by atoms with van der Waals surface area (Å²) < 4.78 is 10.3. The minimum Gasteiger partial charge on any atom is -0.497 e. The summed E-state index contributed by atoms with van der Waals surface area (Å²) in [4.78, 5) is 11.4. The molecule has 0 spiro atoms. The Balaban J connectivity index is 2.16. The number of hydrogen-bond donors (Lipinski definition) is 0. The Kier molecular flexibility index (Phi) is 4.77. The van der Waals surface area contributed by atoms with Gasteiger partial charge in [-0.25, -0.2) is 0 Å². The first-order valence-electron chi connectivity index (χ1n) is 6.49. The molecule has 0 saturated carbocycles. The van der Waals surface area contributed by atoms with E-state index in [-0.39, 0.29) is 5.92 Å². The Bertz CT molecular complexity index is 561. The molecule has 0 bridgehead atoms. The lowest BCUT2D eigenvalue weighted by molar-refractivity contribution is -0.109. The number of aldehydes is 1. The van der Waals surface area contributed by atoms with Crippen molar-refractivity contribution in [2.45, 2.75) is 12.3 Å². The van der Waals surface area contributed by atoms with E-state index in [1.807, 2.05) is 48.5 Å². The minimum atomic E-state index is -0.168. The molecule has 0 N–H and O–H groups in total. The van der Waals surface area contributed by atoms with Gasteiger partial charge in [-0.3, -0.25) is 0 Å². The maximum Gasteiger partial charge on any atom is 0.127 e. The Hall–Kier alpha value is -2.29. The predicted molar refractivity (Wildman–Crippen MR) is 78.5 cm³/mol. The van der Waals surface area contributed by atoms with Gasteiger partial charge in [-0.15, -0.1) is 0 Å². The molecule has 2 aromatic carbocycles. The summed E-state index contributed by atoms with van der Waals surface area (Å²) in [7, 11) is 3.26. The van der Waals surface area contributed by atoms with Crippen LogP contribution >= 0.6 is 0 Å². The first-order valence-corrected chi connectivity index (χ1v) is 6.49. The first-order chi connectivity index (χ1) is 9.76. The molecule has 0 fully saturated rings. The second kappa shape index (κ2) is 6.75. The highest BCUT2D eigenvalue weighted by Crippen LogP contribution is 2.23. The van der Waals surface area contributed by atoms with E-state index in [0.29, 0.717) is 6.42 Å². The smallest absolute Gasteiger partial charge is 0.127 e. The van der Waals surface area contributed by atoms with E-state index in [1.165, 1.54) is 0 Å². The van der Waals surface area contributed by atoms with Gasteiger partial charge < -0.3 is 14.3 Å². The molecule has 0 aliphatic rings. The Labute approximate surface area is 119 Å². The average Bonchev–Trinajstić information content (AvgIpc) is 2.53. The van der Waals surface area contributed by atoms with Gasteiger partial charge in [-0.2, -0.15) is 0 Å². The first kappa shape index (κ1) is 14.1. The summed E-state index contributed by atoms with van der Waals surface area (Å²) in [5.74, 6) is 1.42. The fourth-order valence-corrected chi connectivity index (χ4v) is 2.13. The molecule has 1 atom stereocenters. The average molecular weight is 270 g/mol. The van der Waals surface area contributed by atoms with Crippen LogP contribution in [0.3, 0.4) is 0 Å². The summed E-state index contributed by atoms with van der Waals surface area (Å²) in [6.45, 7) is 0. The molecule has 0 saturated heterocycles. The van der Waals surface area contributed by atoms with Crippen molar-refractivity contribution in [3.05, 3.63) is 59.7 Å². The monoisotopic (exact) mass is 270 g/mol. The third kappa shape index (κ3) is 3.38. The molecule has 0 heterocycles. The number of carbonyl (C=O) groups excluding carboxylic acids is 1. The molecule has 0 aliphatic carbocycles. The molecular formula is C17H18O3. The van der Waals surface area contributed by atoms with Gasteiger partial charge >= 0.3 is 0 Å². The third-order valence-corrected chi connectivity index (χ3v) is 3.30. The van der Waals surface area contributed by atoms with Crippen LogP contribution in [0.4, 0.5) is 0 Å². The molecule has 3 nitrogen and oxygen atoms in total. The van der Waals surface area contributed by atoms with Crippen LogP contribution in [-0.4, -0.2) is 20.5 Å². The molecule has 0 amide bonds. The molecular weight excluding hydrogens is 252 g/mol. The number of ether oxygens (including phenoxy) is 2. The minimum absolute atomic E-state index is 0.168. The van der Waals surface area contributed by atoms with Crippen molar-refractivity contribution in [2.75, 3.05) is 14.2 Å². The molecule has 2 rings (SSSR count). The van der Waals surface area contributed by atoms with E-state index in [1.54, 1.807) is 14.2 Å². The maximum absolute atomic E-state index is 11.4. The molecule has 2 aromatic rings. The second-order valence-corrected chi connectivity index (χ2v) is 4.57. The highest BCUT2D eigenvalue weighted by atomic mass is 16.5. The van der Waals surface area contributed by atoms with Gasteiger partial charge in [-0.1, -0.05) is 24.3 Å². The van der Waals surface area contributed by atoms with Gasteiger partial charge in [0.2, 0.25) is 0 Å². The molecule has 0 aromatic heterocycles. The van der Waals surface area contributed by atoms with E-state index in [2.05, 4.69) is 0 Å².